The molecule has 0 aliphatic heterocycles. The summed E-state index contributed by atoms with van der Waals surface area (Å²) in [6.45, 7) is 0. The zero-order chi connectivity index (χ0) is 9.80. The molecule has 1 heterocycles. The van der Waals surface area contributed by atoms with Gasteiger partial charge in [-0.3, -0.25) is 4.79 Å². The molecule has 1 aliphatic rings. The van der Waals surface area contributed by atoms with Crippen molar-refractivity contribution in [3.63, 3.8) is 0 Å². The van der Waals surface area contributed by atoms with Crippen molar-refractivity contribution < 1.29 is 4.79 Å². The lowest BCUT2D eigenvalue weighted by molar-refractivity contribution is 0.112. The average molecular weight is 227 g/mol. The highest BCUT2D eigenvalue weighted by atomic mass is 32.2. The van der Waals surface area contributed by atoms with E-state index < -0.39 is 0 Å². The molecular weight excluding hydrogens is 214 g/mol. The molecule has 0 saturated heterocycles. The number of rotatable bonds is 4. The van der Waals surface area contributed by atoms with Crippen LogP contribution in [0.25, 0.3) is 0 Å². The summed E-state index contributed by atoms with van der Waals surface area (Å²) in [4.78, 5) is 15.4. The molecule has 14 heavy (non-hydrogen) atoms. The SMILES string of the molecule is O=Cc1cnc(CSC2CCCC2)s1. The normalized spacial score (nSPS) is 17.4. The van der Waals surface area contributed by atoms with E-state index in [-0.39, 0.29) is 0 Å². The number of nitrogens with zero attached hydrogens (tertiary/aromatic N) is 1. The molecule has 0 bridgehead atoms. The second-order valence-electron chi connectivity index (χ2n) is 3.49. The lowest BCUT2D eigenvalue weighted by Gasteiger charge is -2.05. The van der Waals surface area contributed by atoms with Crippen LogP contribution in [0, 0.1) is 0 Å². The maximum atomic E-state index is 10.4. The Morgan fingerprint density at radius 2 is 2.36 bits per heavy atom. The van der Waals surface area contributed by atoms with E-state index in [1.165, 1.54) is 37.0 Å². The molecule has 0 unspecified atom stereocenters. The Hall–Kier alpha value is -0.350. The molecule has 0 spiro atoms. The molecule has 0 aromatic carbocycles. The monoisotopic (exact) mass is 227 g/mol. The van der Waals surface area contributed by atoms with E-state index in [0.717, 1.165) is 27.2 Å². The summed E-state index contributed by atoms with van der Waals surface area (Å²) in [6.07, 6.45) is 8.03. The van der Waals surface area contributed by atoms with Crippen LogP contribution in [0.15, 0.2) is 6.20 Å². The largest absolute Gasteiger partial charge is 0.297 e. The fourth-order valence-electron chi connectivity index (χ4n) is 1.69. The quantitative estimate of drug-likeness (QED) is 0.740. The average Bonchev–Trinajstić information content (AvgIpc) is 2.86. The Morgan fingerprint density at radius 1 is 1.57 bits per heavy atom. The minimum atomic E-state index is 0.743. The number of thioether (sulfide) groups is 1. The Bertz CT molecular complexity index is 305. The maximum Gasteiger partial charge on any atom is 0.161 e. The Morgan fingerprint density at radius 3 is 3.00 bits per heavy atom. The highest BCUT2D eigenvalue weighted by molar-refractivity contribution is 7.99. The first-order valence-electron chi connectivity index (χ1n) is 4.90. The van der Waals surface area contributed by atoms with Crippen LogP contribution in [0.4, 0.5) is 0 Å². The van der Waals surface area contributed by atoms with Crippen LogP contribution in [-0.4, -0.2) is 16.5 Å². The summed E-state index contributed by atoms with van der Waals surface area (Å²) in [7, 11) is 0. The zero-order valence-corrected chi connectivity index (χ0v) is 9.57. The Balaban J connectivity index is 1.81. The molecule has 0 N–H and O–H groups in total. The van der Waals surface area contributed by atoms with Crippen LogP contribution >= 0.6 is 23.1 Å². The second kappa shape index (κ2) is 4.94. The van der Waals surface area contributed by atoms with Crippen LogP contribution in [0.3, 0.4) is 0 Å². The van der Waals surface area contributed by atoms with E-state index in [0.29, 0.717) is 0 Å². The smallest absolute Gasteiger partial charge is 0.161 e. The van der Waals surface area contributed by atoms with Crippen molar-refractivity contribution in [2.45, 2.75) is 36.7 Å². The lowest BCUT2D eigenvalue weighted by atomic mass is 10.4. The molecule has 2 nitrogen and oxygen atoms in total. The fraction of sp³-hybridized carbons (Fsp3) is 0.600. The van der Waals surface area contributed by atoms with Gasteiger partial charge in [0.1, 0.15) is 5.01 Å². The summed E-state index contributed by atoms with van der Waals surface area (Å²) < 4.78 is 0. The van der Waals surface area contributed by atoms with Crippen molar-refractivity contribution in [3.05, 3.63) is 16.1 Å². The first-order valence-corrected chi connectivity index (χ1v) is 6.76. The summed E-state index contributed by atoms with van der Waals surface area (Å²) in [5.41, 5.74) is 0. The summed E-state index contributed by atoms with van der Waals surface area (Å²) in [6, 6.07) is 0. The van der Waals surface area contributed by atoms with Gasteiger partial charge in [-0.25, -0.2) is 4.98 Å². The number of hydrogen-bond donors (Lipinski definition) is 0. The van der Waals surface area contributed by atoms with Crippen molar-refractivity contribution in [2.75, 3.05) is 0 Å². The molecule has 0 atom stereocenters. The van der Waals surface area contributed by atoms with E-state index in [2.05, 4.69) is 4.98 Å². The lowest BCUT2D eigenvalue weighted by Crippen LogP contribution is -1.94. The molecule has 4 heteroatoms. The van der Waals surface area contributed by atoms with E-state index in [9.17, 15) is 4.79 Å². The summed E-state index contributed by atoms with van der Waals surface area (Å²) in [5.74, 6) is 0.975. The number of carbonyl (C=O) groups excluding carboxylic acids is 1. The first kappa shape index (κ1) is 10.2. The molecule has 0 radical (unpaired) electrons. The van der Waals surface area contributed by atoms with Gasteiger partial charge in [0.25, 0.3) is 0 Å². The minimum Gasteiger partial charge on any atom is -0.297 e. The third kappa shape index (κ3) is 2.58. The summed E-state index contributed by atoms with van der Waals surface area (Å²) in [5, 5.41) is 1.92. The van der Waals surface area contributed by atoms with Crippen LogP contribution in [0.2, 0.25) is 0 Å². The zero-order valence-electron chi connectivity index (χ0n) is 7.94. The standard InChI is InChI=1S/C10H13NOS2/c12-6-9-5-11-10(14-9)7-13-8-3-1-2-4-8/h5-6,8H,1-4,7H2. The number of carbonyl (C=O) groups is 1. The van der Waals surface area contributed by atoms with Crippen LogP contribution in [0.5, 0.6) is 0 Å². The van der Waals surface area contributed by atoms with Gasteiger partial charge in [0, 0.05) is 17.2 Å². The third-order valence-corrected chi connectivity index (χ3v) is 4.92. The van der Waals surface area contributed by atoms with Crippen LogP contribution in [0.1, 0.15) is 40.4 Å². The van der Waals surface area contributed by atoms with Gasteiger partial charge in [0.15, 0.2) is 6.29 Å². The highest BCUT2D eigenvalue weighted by Crippen LogP contribution is 2.32. The minimum absolute atomic E-state index is 0.743. The van der Waals surface area contributed by atoms with Gasteiger partial charge in [0.05, 0.1) is 4.88 Å². The summed E-state index contributed by atoms with van der Waals surface area (Å²) >= 11 is 3.51. The molecular formula is C10H13NOS2. The molecule has 1 aromatic heterocycles. The van der Waals surface area contributed by atoms with Crippen LogP contribution < -0.4 is 0 Å². The molecule has 1 fully saturated rings. The van der Waals surface area contributed by atoms with Crippen molar-refractivity contribution in [3.8, 4) is 0 Å². The fourth-order valence-corrected chi connectivity index (χ4v) is 3.78. The maximum absolute atomic E-state index is 10.4. The predicted octanol–water partition coefficient (Wildman–Crippen LogP) is 3.13. The third-order valence-electron chi connectivity index (χ3n) is 2.43. The first-order chi connectivity index (χ1) is 6.88. The molecule has 1 saturated carbocycles. The molecule has 1 aliphatic carbocycles. The number of thiazole rings is 1. The molecule has 2 rings (SSSR count). The van der Waals surface area contributed by atoms with Crippen LogP contribution in [-0.2, 0) is 5.75 Å². The number of hydrogen-bond acceptors (Lipinski definition) is 4. The van der Waals surface area contributed by atoms with Gasteiger partial charge in [0.2, 0.25) is 0 Å². The Kier molecular flexibility index (Phi) is 3.59. The van der Waals surface area contributed by atoms with Crippen molar-refractivity contribution in [1.29, 1.82) is 0 Å². The second-order valence-corrected chi connectivity index (χ2v) is 5.93. The van der Waals surface area contributed by atoms with E-state index >= 15 is 0 Å². The Labute approximate surface area is 92.1 Å². The van der Waals surface area contributed by atoms with Gasteiger partial charge in [-0.2, -0.15) is 11.8 Å². The van der Waals surface area contributed by atoms with Crippen molar-refractivity contribution in [1.82, 2.24) is 4.98 Å². The van der Waals surface area contributed by atoms with E-state index in [1.807, 2.05) is 11.8 Å². The van der Waals surface area contributed by atoms with Gasteiger partial charge in [-0.05, 0) is 12.8 Å². The topological polar surface area (TPSA) is 30.0 Å². The predicted molar refractivity (Wildman–Crippen MR) is 61.1 cm³/mol. The van der Waals surface area contributed by atoms with Gasteiger partial charge in [-0.1, -0.05) is 12.8 Å². The molecule has 1 aromatic rings. The van der Waals surface area contributed by atoms with E-state index in [4.69, 9.17) is 0 Å². The van der Waals surface area contributed by atoms with Crippen molar-refractivity contribution in [2.24, 2.45) is 0 Å². The number of aldehydes is 1. The molecule has 76 valence electrons. The van der Waals surface area contributed by atoms with Gasteiger partial charge in [-0.15, -0.1) is 11.3 Å². The van der Waals surface area contributed by atoms with Gasteiger partial charge < -0.3 is 0 Å². The number of aromatic nitrogens is 1. The molecule has 0 amide bonds. The van der Waals surface area contributed by atoms with E-state index in [1.54, 1.807) is 6.20 Å². The van der Waals surface area contributed by atoms with Crippen molar-refractivity contribution >= 4 is 29.4 Å². The van der Waals surface area contributed by atoms with Gasteiger partial charge >= 0.3 is 0 Å². The highest BCUT2D eigenvalue weighted by Gasteiger charge is 2.15.